The molecule has 0 radical (unpaired) electrons. The minimum absolute atomic E-state index is 0.0465. The molecule has 2 amide bonds. The summed E-state index contributed by atoms with van der Waals surface area (Å²) in [7, 11) is 0. The van der Waals surface area contributed by atoms with Crippen LogP contribution in [0.1, 0.15) is 18.3 Å². The number of hydrogen-bond acceptors (Lipinski definition) is 4. The van der Waals surface area contributed by atoms with E-state index in [2.05, 4.69) is 22.1 Å². The van der Waals surface area contributed by atoms with E-state index in [0.29, 0.717) is 18.5 Å². The predicted octanol–water partition coefficient (Wildman–Crippen LogP) is 1.29. The minimum atomic E-state index is 0.0465. The lowest BCUT2D eigenvalue weighted by Crippen LogP contribution is -2.47. The van der Waals surface area contributed by atoms with Crippen LogP contribution in [0.2, 0.25) is 0 Å². The number of carbonyl (C=O) groups is 1. The second-order valence-corrected chi connectivity index (χ2v) is 6.85. The van der Waals surface area contributed by atoms with Gasteiger partial charge in [-0.25, -0.2) is 4.79 Å². The lowest BCUT2D eigenvalue weighted by atomic mass is 10.0. The molecule has 0 aliphatic carbocycles. The summed E-state index contributed by atoms with van der Waals surface area (Å²) in [5.74, 6) is 0.507. The van der Waals surface area contributed by atoms with E-state index in [-0.39, 0.29) is 6.03 Å². The summed E-state index contributed by atoms with van der Waals surface area (Å²) in [5.41, 5.74) is 2.04. The number of urea groups is 1. The molecule has 132 valence electrons. The highest BCUT2D eigenvalue weighted by atomic mass is 16.5. The van der Waals surface area contributed by atoms with E-state index in [4.69, 9.17) is 4.74 Å². The van der Waals surface area contributed by atoms with Gasteiger partial charge in [-0.1, -0.05) is 13.0 Å². The Kier molecular flexibility index (Phi) is 5.68. The Hall–Kier alpha value is -1.66. The van der Waals surface area contributed by atoms with E-state index in [1.54, 1.807) is 0 Å². The number of carbonyl (C=O) groups excluding carboxylic acids is 1. The van der Waals surface area contributed by atoms with Gasteiger partial charge in [-0.2, -0.15) is 0 Å². The van der Waals surface area contributed by atoms with Crippen molar-refractivity contribution in [2.75, 3.05) is 45.9 Å². The van der Waals surface area contributed by atoms with E-state index < -0.39 is 0 Å². The van der Waals surface area contributed by atoms with Gasteiger partial charge in [0.05, 0.1) is 13.2 Å². The second kappa shape index (κ2) is 7.94. The van der Waals surface area contributed by atoms with Crippen molar-refractivity contribution in [3.05, 3.63) is 29.6 Å². The van der Waals surface area contributed by atoms with Gasteiger partial charge in [0.2, 0.25) is 0 Å². The van der Waals surface area contributed by atoms with E-state index in [1.165, 1.54) is 0 Å². The van der Waals surface area contributed by atoms with Gasteiger partial charge >= 0.3 is 6.03 Å². The number of likely N-dealkylation sites (tertiary alicyclic amines) is 1. The van der Waals surface area contributed by atoms with E-state index in [0.717, 1.165) is 57.2 Å². The fraction of sp³-hybridized carbons (Fsp3) is 0.667. The lowest BCUT2D eigenvalue weighted by Gasteiger charge is -2.33. The summed E-state index contributed by atoms with van der Waals surface area (Å²) in [4.78, 5) is 21.3. The van der Waals surface area contributed by atoms with Crippen LogP contribution in [-0.4, -0.2) is 72.8 Å². The van der Waals surface area contributed by atoms with Crippen LogP contribution in [0.3, 0.4) is 0 Å². The van der Waals surface area contributed by atoms with Gasteiger partial charge in [-0.05, 0) is 25.0 Å². The Morgan fingerprint density at radius 3 is 2.88 bits per heavy atom. The first-order valence-electron chi connectivity index (χ1n) is 8.90. The number of nitrogens with one attached hydrogen (secondary N) is 1. The maximum Gasteiger partial charge on any atom is 0.317 e. The molecule has 2 atom stereocenters. The van der Waals surface area contributed by atoms with Crippen LogP contribution in [0.15, 0.2) is 18.2 Å². The molecule has 6 nitrogen and oxygen atoms in total. The molecule has 3 heterocycles. The van der Waals surface area contributed by atoms with E-state index in [1.807, 2.05) is 30.0 Å². The molecule has 1 aromatic heterocycles. The zero-order valence-electron chi connectivity index (χ0n) is 14.7. The Morgan fingerprint density at radius 1 is 1.33 bits per heavy atom. The number of nitrogens with zero attached hydrogens (tertiary/aromatic N) is 3. The molecular weight excluding hydrogens is 304 g/mol. The van der Waals surface area contributed by atoms with Gasteiger partial charge in [-0.3, -0.25) is 9.88 Å². The van der Waals surface area contributed by atoms with Gasteiger partial charge < -0.3 is 15.0 Å². The molecule has 0 saturated carbocycles. The molecule has 0 aromatic carbocycles. The number of hydrogen-bond donors (Lipinski definition) is 1. The van der Waals surface area contributed by atoms with Crippen molar-refractivity contribution in [1.29, 1.82) is 0 Å². The molecule has 1 aromatic rings. The lowest BCUT2D eigenvalue weighted by molar-refractivity contribution is 0.0123. The molecule has 2 aliphatic rings. The molecule has 1 N–H and O–H groups in total. The standard InChI is InChI=1S/C18H28N4O2/c1-14-12-22(13-17(14)21-8-10-24-11-9-21)18(23)19-7-6-16-5-3-4-15(2)20-16/h3-5,14,17H,6-13H2,1-2H3,(H,19,23)/t14-,17-/m0/s1. The van der Waals surface area contributed by atoms with E-state index >= 15 is 0 Å². The summed E-state index contributed by atoms with van der Waals surface area (Å²) in [5, 5.41) is 3.04. The molecule has 2 fully saturated rings. The number of amides is 2. The molecule has 2 aliphatic heterocycles. The van der Waals surface area contributed by atoms with E-state index in [9.17, 15) is 4.79 Å². The first-order valence-corrected chi connectivity index (χ1v) is 8.90. The number of pyridine rings is 1. The van der Waals surface area contributed by atoms with Crippen molar-refractivity contribution in [3.63, 3.8) is 0 Å². The third-order valence-corrected chi connectivity index (χ3v) is 4.98. The zero-order chi connectivity index (χ0) is 16.9. The third-order valence-electron chi connectivity index (χ3n) is 4.98. The minimum Gasteiger partial charge on any atom is -0.379 e. The summed E-state index contributed by atoms with van der Waals surface area (Å²) in [6.07, 6.45) is 0.768. The average molecular weight is 332 g/mol. The molecule has 0 bridgehead atoms. The monoisotopic (exact) mass is 332 g/mol. The van der Waals surface area contributed by atoms with Gasteiger partial charge in [0.15, 0.2) is 0 Å². The van der Waals surface area contributed by atoms with Crippen molar-refractivity contribution in [1.82, 2.24) is 20.1 Å². The fourth-order valence-corrected chi connectivity index (χ4v) is 3.65. The molecular formula is C18H28N4O2. The Balaban J connectivity index is 1.45. The second-order valence-electron chi connectivity index (χ2n) is 6.85. The van der Waals surface area contributed by atoms with Crippen molar-refractivity contribution in [2.45, 2.75) is 26.3 Å². The first-order chi connectivity index (χ1) is 11.6. The van der Waals surface area contributed by atoms with Crippen molar-refractivity contribution >= 4 is 6.03 Å². The molecule has 3 rings (SSSR count). The van der Waals surface area contributed by atoms with Gasteiger partial charge in [0, 0.05) is 56.6 Å². The molecule has 24 heavy (non-hydrogen) atoms. The third kappa shape index (κ3) is 4.24. The number of aryl methyl sites for hydroxylation is 1. The number of ether oxygens (including phenoxy) is 1. The Labute approximate surface area is 144 Å². The van der Waals surface area contributed by atoms with Gasteiger partial charge in [0.25, 0.3) is 0 Å². The van der Waals surface area contributed by atoms with Crippen LogP contribution >= 0.6 is 0 Å². The Bertz CT molecular complexity index is 560. The summed E-state index contributed by atoms with van der Waals surface area (Å²) in [6.45, 7) is 10.1. The first kappa shape index (κ1) is 17.2. The quantitative estimate of drug-likeness (QED) is 0.903. The smallest absolute Gasteiger partial charge is 0.317 e. The maximum absolute atomic E-state index is 12.4. The maximum atomic E-state index is 12.4. The highest BCUT2D eigenvalue weighted by Gasteiger charge is 2.36. The van der Waals surface area contributed by atoms with Crippen molar-refractivity contribution in [2.24, 2.45) is 5.92 Å². The van der Waals surface area contributed by atoms with Gasteiger partial charge in [-0.15, -0.1) is 0 Å². The topological polar surface area (TPSA) is 57.7 Å². The summed E-state index contributed by atoms with van der Waals surface area (Å²) >= 11 is 0. The molecule has 2 saturated heterocycles. The number of aromatic nitrogens is 1. The molecule has 0 unspecified atom stereocenters. The van der Waals surface area contributed by atoms with Crippen molar-refractivity contribution < 1.29 is 9.53 Å². The van der Waals surface area contributed by atoms with Crippen molar-refractivity contribution in [3.8, 4) is 0 Å². The molecule has 6 heteroatoms. The zero-order valence-corrected chi connectivity index (χ0v) is 14.7. The van der Waals surface area contributed by atoms with Crippen LogP contribution in [0.25, 0.3) is 0 Å². The van der Waals surface area contributed by atoms with Gasteiger partial charge in [0.1, 0.15) is 0 Å². The SMILES string of the molecule is Cc1cccc(CCNC(=O)N2C[C@H](C)[C@@H](N3CCOCC3)C2)n1. The Morgan fingerprint density at radius 2 is 2.12 bits per heavy atom. The summed E-state index contributed by atoms with van der Waals surface area (Å²) < 4.78 is 5.43. The number of rotatable bonds is 4. The largest absolute Gasteiger partial charge is 0.379 e. The summed E-state index contributed by atoms with van der Waals surface area (Å²) in [6, 6.07) is 6.50. The average Bonchev–Trinajstić information content (AvgIpc) is 2.98. The van der Waals surface area contributed by atoms with Crippen LogP contribution in [-0.2, 0) is 11.2 Å². The highest BCUT2D eigenvalue weighted by Crippen LogP contribution is 2.22. The number of morpholine rings is 1. The fourth-order valence-electron chi connectivity index (χ4n) is 3.65. The predicted molar refractivity (Wildman–Crippen MR) is 93.0 cm³/mol. The normalized spacial score (nSPS) is 25.0. The van der Waals surface area contributed by atoms with Crippen LogP contribution < -0.4 is 5.32 Å². The highest BCUT2D eigenvalue weighted by molar-refractivity contribution is 5.74. The van der Waals surface area contributed by atoms with Crippen LogP contribution in [0.4, 0.5) is 4.79 Å². The van der Waals surface area contributed by atoms with Crippen LogP contribution in [0, 0.1) is 12.8 Å². The molecule has 0 spiro atoms. The van der Waals surface area contributed by atoms with Crippen LogP contribution in [0.5, 0.6) is 0 Å².